The van der Waals surface area contributed by atoms with Crippen LogP contribution in [0.15, 0.2) is 12.4 Å². The Morgan fingerprint density at radius 1 is 1.46 bits per heavy atom. The van der Waals surface area contributed by atoms with Crippen LogP contribution in [0.2, 0.25) is 0 Å². The number of aryl methyl sites for hydroxylation is 2. The fraction of sp³-hybridized carbons (Fsp3) is 0.471. The Morgan fingerprint density at radius 2 is 2.25 bits per heavy atom. The quantitative estimate of drug-likeness (QED) is 0.866. The molecule has 2 aromatic rings. The molecule has 6 nitrogen and oxygen atoms in total. The molecule has 2 aromatic heterocycles. The summed E-state index contributed by atoms with van der Waals surface area (Å²) in [6, 6.07) is 2.29. The summed E-state index contributed by atoms with van der Waals surface area (Å²) in [5.41, 5.74) is 2.69. The van der Waals surface area contributed by atoms with E-state index in [1.165, 1.54) is 11.3 Å². The van der Waals surface area contributed by atoms with Crippen molar-refractivity contribution in [1.82, 2.24) is 9.78 Å². The first-order chi connectivity index (χ1) is 11.6. The van der Waals surface area contributed by atoms with Crippen LogP contribution >= 0.6 is 11.3 Å². The molecular weight excluding hydrogens is 322 g/mol. The maximum absolute atomic E-state index is 12.4. The number of carbonyl (C=O) groups excluding carboxylic acids is 1. The molecule has 1 aliphatic rings. The number of rotatable bonds is 4. The van der Waals surface area contributed by atoms with E-state index in [9.17, 15) is 10.1 Å². The Kier molecular flexibility index (Phi) is 4.86. The zero-order valence-electron chi connectivity index (χ0n) is 14.0. The fourth-order valence-electron chi connectivity index (χ4n) is 3.03. The van der Waals surface area contributed by atoms with Gasteiger partial charge in [-0.2, -0.15) is 10.4 Å². The average molecular weight is 343 g/mol. The van der Waals surface area contributed by atoms with Crippen LogP contribution in [0.5, 0.6) is 0 Å². The average Bonchev–Trinajstić information content (AvgIpc) is 3.03. The highest BCUT2D eigenvalue weighted by molar-refractivity contribution is 7.16. The van der Waals surface area contributed by atoms with Crippen molar-refractivity contribution in [3.8, 4) is 6.07 Å². The molecule has 7 heteroatoms. The normalized spacial score (nSPS) is 13.7. The molecule has 0 aromatic carbocycles. The second-order valence-corrected chi connectivity index (χ2v) is 7.26. The van der Waals surface area contributed by atoms with E-state index >= 15 is 0 Å². The molecule has 2 heterocycles. The van der Waals surface area contributed by atoms with Crippen molar-refractivity contribution < 1.29 is 4.79 Å². The highest BCUT2D eigenvalue weighted by atomic mass is 32.1. The molecule has 0 aliphatic heterocycles. The number of anilines is 2. The first-order valence-corrected chi connectivity index (χ1v) is 8.94. The molecule has 0 saturated carbocycles. The number of likely N-dealkylation sites (N-methyl/N-ethyl adjacent to an activating group) is 1. The van der Waals surface area contributed by atoms with Crippen molar-refractivity contribution in [3.05, 3.63) is 28.4 Å². The number of thiophene rings is 1. The van der Waals surface area contributed by atoms with Gasteiger partial charge in [-0.1, -0.05) is 6.42 Å². The van der Waals surface area contributed by atoms with Crippen molar-refractivity contribution in [1.29, 1.82) is 5.26 Å². The van der Waals surface area contributed by atoms with Gasteiger partial charge in [0.05, 0.1) is 24.0 Å². The minimum atomic E-state index is -0.116. The molecule has 24 heavy (non-hydrogen) atoms. The van der Waals surface area contributed by atoms with Crippen LogP contribution in [-0.4, -0.2) is 29.3 Å². The minimum Gasteiger partial charge on any atom is -0.363 e. The van der Waals surface area contributed by atoms with E-state index in [-0.39, 0.29) is 12.5 Å². The minimum absolute atomic E-state index is 0.116. The molecule has 0 spiro atoms. The van der Waals surface area contributed by atoms with Crippen molar-refractivity contribution >= 4 is 27.9 Å². The third-order valence-electron chi connectivity index (χ3n) is 4.30. The molecule has 0 radical (unpaired) electrons. The fourth-order valence-corrected chi connectivity index (χ4v) is 4.28. The summed E-state index contributed by atoms with van der Waals surface area (Å²) in [5.74, 6) is -0.116. The van der Waals surface area contributed by atoms with Crippen molar-refractivity contribution in [2.24, 2.45) is 7.05 Å². The summed E-state index contributed by atoms with van der Waals surface area (Å²) >= 11 is 1.57. The lowest BCUT2D eigenvalue weighted by atomic mass is 10.1. The van der Waals surface area contributed by atoms with Crippen LogP contribution in [0.4, 0.5) is 10.7 Å². The van der Waals surface area contributed by atoms with E-state index in [0.717, 1.165) is 36.9 Å². The van der Waals surface area contributed by atoms with Crippen LogP contribution in [0, 0.1) is 11.3 Å². The van der Waals surface area contributed by atoms with E-state index in [2.05, 4.69) is 16.5 Å². The Hall–Kier alpha value is -2.33. The van der Waals surface area contributed by atoms with E-state index in [1.807, 2.05) is 25.2 Å². The van der Waals surface area contributed by atoms with Crippen LogP contribution in [0.3, 0.4) is 0 Å². The molecule has 126 valence electrons. The molecule has 0 saturated heterocycles. The van der Waals surface area contributed by atoms with Gasteiger partial charge < -0.3 is 10.2 Å². The molecule has 0 atom stereocenters. The standard InChI is InChI=1S/C17H21N5OS/c1-21(12-9-19-22(2)10-12)11-16(23)20-17-14(8-18)13-6-4-3-5-7-15(13)24-17/h9-10H,3-7,11H2,1-2H3,(H,20,23). The summed E-state index contributed by atoms with van der Waals surface area (Å²) < 4.78 is 1.70. The number of nitrogens with one attached hydrogen (secondary N) is 1. The zero-order valence-corrected chi connectivity index (χ0v) is 14.8. The number of carbonyl (C=O) groups is 1. The first kappa shape index (κ1) is 16.5. The Bertz CT molecular complexity index is 785. The van der Waals surface area contributed by atoms with Gasteiger partial charge in [0.15, 0.2) is 0 Å². The number of hydrogen-bond donors (Lipinski definition) is 1. The molecule has 0 bridgehead atoms. The van der Waals surface area contributed by atoms with Gasteiger partial charge in [-0.15, -0.1) is 11.3 Å². The second-order valence-electron chi connectivity index (χ2n) is 6.16. The largest absolute Gasteiger partial charge is 0.363 e. The van der Waals surface area contributed by atoms with E-state index < -0.39 is 0 Å². The number of nitriles is 1. The molecule has 1 amide bonds. The summed E-state index contributed by atoms with van der Waals surface area (Å²) in [5, 5.41) is 17.3. The van der Waals surface area contributed by atoms with Crippen LogP contribution in [-0.2, 0) is 24.7 Å². The number of hydrogen-bond acceptors (Lipinski definition) is 5. The van der Waals surface area contributed by atoms with Gasteiger partial charge >= 0.3 is 0 Å². The summed E-state index contributed by atoms with van der Waals surface area (Å²) in [7, 11) is 3.70. The Morgan fingerprint density at radius 3 is 2.96 bits per heavy atom. The van der Waals surface area contributed by atoms with E-state index in [4.69, 9.17) is 0 Å². The number of fused-ring (bicyclic) bond motifs is 1. The van der Waals surface area contributed by atoms with Gasteiger partial charge in [0.1, 0.15) is 11.1 Å². The van der Waals surface area contributed by atoms with E-state index in [0.29, 0.717) is 10.6 Å². The van der Waals surface area contributed by atoms with Crippen molar-refractivity contribution in [2.45, 2.75) is 32.1 Å². The lowest BCUT2D eigenvalue weighted by Gasteiger charge is -2.16. The number of aromatic nitrogens is 2. The van der Waals surface area contributed by atoms with E-state index in [1.54, 1.807) is 22.2 Å². The molecule has 1 aliphatic carbocycles. The van der Waals surface area contributed by atoms with Crippen LogP contribution in [0.1, 0.15) is 35.3 Å². The third-order valence-corrected chi connectivity index (χ3v) is 5.51. The molecule has 0 unspecified atom stereocenters. The van der Waals surface area contributed by atoms with Gasteiger partial charge in [0.2, 0.25) is 5.91 Å². The van der Waals surface area contributed by atoms with Gasteiger partial charge in [-0.25, -0.2) is 0 Å². The zero-order chi connectivity index (χ0) is 17.1. The van der Waals surface area contributed by atoms with Gasteiger partial charge in [-0.05, 0) is 31.2 Å². The molecule has 1 N–H and O–H groups in total. The highest BCUT2D eigenvalue weighted by Gasteiger charge is 2.21. The van der Waals surface area contributed by atoms with Crippen LogP contribution < -0.4 is 10.2 Å². The van der Waals surface area contributed by atoms with Crippen LogP contribution in [0.25, 0.3) is 0 Å². The molecule has 0 fully saturated rings. The van der Waals surface area contributed by atoms with Gasteiger partial charge in [0, 0.05) is 25.2 Å². The Labute approximate surface area is 145 Å². The lowest BCUT2D eigenvalue weighted by molar-refractivity contribution is -0.114. The topological polar surface area (TPSA) is 74.0 Å². The lowest BCUT2D eigenvalue weighted by Crippen LogP contribution is -2.29. The Balaban J connectivity index is 1.71. The summed E-state index contributed by atoms with van der Waals surface area (Å²) in [6.07, 6.45) is 9.04. The summed E-state index contributed by atoms with van der Waals surface area (Å²) in [6.45, 7) is 0.221. The van der Waals surface area contributed by atoms with Crippen molar-refractivity contribution in [2.75, 3.05) is 23.8 Å². The predicted molar refractivity (Wildman–Crippen MR) is 95.4 cm³/mol. The smallest absolute Gasteiger partial charge is 0.244 e. The highest BCUT2D eigenvalue weighted by Crippen LogP contribution is 2.36. The maximum atomic E-state index is 12.4. The monoisotopic (exact) mass is 343 g/mol. The molecule has 3 rings (SSSR count). The second kappa shape index (κ2) is 7.05. The van der Waals surface area contributed by atoms with Crippen molar-refractivity contribution in [3.63, 3.8) is 0 Å². The molecular formula is C17H21N5OS. The van der Waals surface area contributed by atoms with Gasteiger partial charge in [0.25, 0.3) is 0 Å². The maximum Gasteiger partial charge on any atom is 0.244 e. The SMILES string of the molecule is CN(CC(=O)Nc1sc2c(c1C#N)CCCCC2)c1cnn(C)c1. The van der Waals surface area contributed by atoms with Gasteiger partial charge in [-0.3, -0.25) is 9.48 Å². The predicted octanol–water partition coefficient (Wildman–Crippen LogP) is 2.70. The first-order valence-electron chi connectivity index (χ1n) is 8.12. The number of nitrogens with zero attached hydrogens (tertiary/aromatic N) is 4. The third kappa shape index (κ3) is 3.44. The number of amides is 1. The summed E-state index contributed by atoms with van der Waals surface area (Å²) in [4.78, 5) is 15.5.